The Morgan fingerprint density at radius 1 is 1.28 bits per heavy atom. The topological polar surface area (TPSA) is 46.3 Å². The van der Waals surface area contributed by atoms with Crippen molar-refractivity contribution in [2.75, 3.05) is 13.1 Å². The predicted molar refractivity (Wildman–Crippen MR) is 77.6 cm³/mol. The third kappa shape index (κ3) is 4.31. The molecule has 0 aliphatic rings. The number of amides is 1. The van der Waals surface area contributed by atoms with Crippen molar-refractivity contribution in [3.8, 4) is 0 Å². The molecule has 0 saturated heterocycles. The molecule has 0 heterocycles. The molecule has 4 heteroatoms. The summed E-state index contributed by atoms with van der Waals surface area (Å²) in [5.74, 6) is 0.117. The van der Waals surface area contributed by atoms with Crippen LogP contribution in [-0.4, -0.2) is 23.9 Å². The smallest absolute Gasteiger partial charge is 0.229 e. The standard InChI is InChI=1S/C14H22N2O.ClH/c1-4-16(13(17)14(2,3)11-15)10-12-8-6-5-7-9-12;/h5-9H,4,10-11,15H2,1-3H3;1H. The number of carbonyl (C=O) groups is 1. The van der Waals surface area contributed by atoms with Crippen molar-refractivity contribution in [2.24, 2.45) is 11.1 Å². The van der Waals surface area contributed by atoms with Crippen LogP contribution in [0.15, 0.2) is 30.3 Å². The molecule has 0 bridgehead atoms. The highest BCUT2D eigenvalue weighted by atomic mass is 35.5. The molecule has 0 fully saturated rings. The fourth-order valence-electron chi connectivity index (χ4n) is 1.65. The molecular formula is C14H23ClN2O. The minimum Gasteiger partial charge on any atom is -0.338 e. The van der Waals surface area contributed by atoms with Crippen molar-refractivity contribution in [1.29, 1.82) is 0 Å². The molecule has 1 rings (SSSR count). The highest BCUT2D eigenvalue weighted by Crippen LogP contribution is 2.18. The molecule has 0 aliphatic carbocycles. The van der Waals surface area contributed by atoms with E-state index in [9.17, 15) is 4.79 Å². The SMILES string of the molecule is CCN(Cc1ccccc1)C(=O)C(C)(C)CN.Cl. The zero-order valence-corrected chi connectivity index (χ0v) is 12.2. The maximum absolute atomic E-state index is 12.3. The van der Waals surface area contributed by atoms with Crippen molar-refractivity contribution in [3.63, 3.8) is 0 Å². The van der Waals surface area contributed by atoms with Crippen molar-refractivity contribution < 1.29 is 4.79 Å². The van der Waals surface area contributed by atoms with Crippen molar-refractivity contribution in [1.82, 2.24) is 4.90 Å². The van der Waals surface area contributed by atoms with E-state index in [2.05, 4.69) is 0 Å². The Bertz CT molecular complexity index is 365. The summed E-state index contributed by atoms with van der Waals surface area (Å²) < 4.78 is 0. The monoisotopic (exact) mass is 270 g/mol. The van der Waals surface area contributed by atoms with Crippen LogP contribution in [0.1, 0.15) is 26.3 Å². The molecule has 0 unspecified atom stereocenters. The molecule has 0 saturated carbocycles. The number of rotatable bonds is 5. The molecule has 0 aromatic heterocycles. The molecule has 2 N–H and O–H groups in total. The van der Waals surface area contributed by atoms with Crippen LogP contribution in [0.2, 0.25) is 0 Å². The van der Waals surface area contributed by atoms with E-state index in [4.69, 9.17) is 5.73 Å². The van der Waals surface area contributed by atoms with E-state index in [0.717, 1.165) is 5.56 Å². The van der Waals surface area contributed by atoms with E-state index in [1.165, 1.54) is 0 Å². The second-order valence-electron chi connectivity index (χ2n) is 4.89. The lowest BCUT2D eigenvalue weighted by atomic mass is 9.91. The summed E-state index contributed by atoms with van der Waals surface area (Å²) >= 11 is 0. The lowest BCUT2D eigenvalue weighted by Gasteiger charge is -2.30. The van der Waals surface area contributed by atoms with E-state index in [-0.39, 0.29) is 18.3 Å². The van der Waals surface area contributed by atoms with Gasteiger partial charge in [-0.1, -0.05) is 30.3 Å². The minimum atomic E-state index is -0.481. The second-order valence-corrected chi connectivity index (χ2v) is 4.89. The first-order chi connectivity index (χ1) is 8.01. The van der Waals surface area contributed by atoms with E-state index in [1.807, 2.05) is 56.0 Å². The van der Waals surface area contributed by atoms with Gasteiger partial charge in [0.15, 0.2) is 0 Å². The first-order valence-corrected chi connectivity index (χ1v) is 6.04. The highest BCUT2D eigenvalue weighted by molar-refractivity contribution is 5.85. The Morgan fingerprint density at radius 2 is 1.83 bits per heavy atom. The largest absolute Gasteiger partial charge is 0.338 e. The van der Waals surface area contributed by atoms with Gasteiger partial charge in [-0.25, -0.2) is 0 Å². The third-order valence-corrected chi connectivity index (χ3v) is 2.97. The lowest BCUT2D eigenvalue weighted by molar-refractivity contribution is -0.140. The summed E-state index contributed by atoms with van der Waals surface area (Å²) in [7, 11) is 0. The third-order valence-electron chi connectivity index (χ3n) is 2.97. The Morgan fingerprint density at radius 3 is 2.28 bits per heavy atom. The number of benzene rings is 1. The van der Waals surface area contributed by atoms with Gasteiger partial charge in [-0.15, -0.1) is 12.4 Å². The van der Waals surface area contributed by atoms with Gasteiger partial charge >= 0.3 is 0 Å². The summed E-state index contributed by atoms with van der Waals surface area (Å²) in [5, 5.41) is 0. The molecule has 3 nitrogen and oxygen atoms in total. The van der Waals surface area contributed by atoms with Gasteiger partial charge in [-0.2, -0.15) is 0 Å². The van der Waals surface area contributed by atoms with Crippen LogP contribution in [0, 0.1) is 5.41 Å². The molecule has 0 atom stereocenters. The van der Waals surface area contributed by atoms with Crippen LogP contribution in [-0.2, 0) is 11.3 Å². The van der Waals surface area contributed by atoms with Gasteiger partial charge < -0.3 is 10.6 Å². The van der Waals surface area contributed by atoms with E-state index >= 15 is 0 Å². The zero-order valence-electron chi connectivity index (χ0n) is 11.3. The zero-order chi connectivity index (χ0) is 12.9. The van der Waals surface area contributed by atoms with Crippen molar-refractivity contribution in [3.05, 3.63) is 35.9 Å². The van der Waals surface area contributed by atoms with Gasteiger partial charge in [-0.05, 0) is 26.3 Å². The average molecular weight is 271 g/mol. The van der Waals surface area contributed by atoms with Crippen LogP contribution >= 0.6 is 12.4 Å². The van der Waals surface area contributed by atoms with Gasteiger partial charge in [-0.3, -0.25) is 4.79 Å². The Hall–Kier alpha value is -1.06. The Balaban J connectivity index is 0.00000289. The van der Waals surface area contributed by atoms with Crippen LogP contribution in [0.5, 0.6) is 0 Å². The fourth-order valence-corrected chi connectivity index (χ4v) is 1.65. The predicted octanol–water partition coefficient (Wildman–Crippen LogP) is 2.44. The number of nitrogens with two attached hydrogens (primary N) is 1. The normalized spacial score (nSPS) is 10.7. The van der Waals surface area contributed by atoms with E-state index in [0.29, 0.717) is 19.6 Å². The van der Waals surface area contributed by atoms with E-state index in [1.54, 1.807) is 0 Å². The van der Waals surface area contributed by atoms with Crippen LogP contribution in [0.3, 0.4) is 0 Å². The summed E-state index contributed by atoms with van der Waals surface area (Å²) in [4.78, 5) is 14.1. The molecule has 1 aromatic carbocycles. The van der Waals surface area contributed by atoms with Gasteiger partial charge in [0.25, 0.3) is 0 Å². The van der Waals surface area contributed by atoms with E-state index < -0.39 is 5.41 Å². The molecule has 0 spiro atoms. The molecule has 0 radical (unpaired) electrons. The van der Waals surface area contributed by atoms with Gasteiger partial charge in [0, 0.05) is 19.6 Å². The maximum atomic E-state index is 12.3. The first kappa shape index (κ1) is 16.9. The minimum absolute atomic E-state index is 0. The number of carbonyl (C=O) groups excluding carboxylic acids is 1. The van der Waals surface area contributed by atoms with Crippen LogP contribution in [0.25, 0.3) is 0 Å². The molecule has 102 valence electrons. The summed E-state index contributed by atoms with van der Waals surface area (Å²) in [6, 6.07) is 10.0. The molecule has 1 aromatic rings. The number of nitrogens with zero attached hydrogens (tertiary/aromatic N) is 1. The fraction of sp³-hybridized carbons (Fsp3) is 0.500. The van der Waals surface area contributed by atoms with Crippen LogP contribution < -0.4 is 5.73 Å². The average Bonchev–Trinajstić information content (AvgIpc) is 2.36. The summed E-state index contributed by atoms with van der Waals surface area (Å²) in [5.41, 5.74) is 6.31. The number of hydrogen-bond acceptors (Lipinski definition) is 2. The van der Waals surface area contributed by atoms with Crippen molar-refractivity contribution >= 4 is 18.3 Å². The lowest BCUT2D eigenvalue weighted by Crippen LogP contribution is -2.44. The Kier molecular flexibility index (Phi) is 6.96. The maximum Gasteiger partial charge on any atom is 0.229 e. The number of halogens is 1. The Labute approximate surface area is 116 Å². The molecule has 1 amide bonds. The van der Waals surface area contributed by atoms with Crippen LogP contribution in [0.4, 0.5) is 0 Å². The quantitative estimate of drug-likeness (QED) is 0.893. The van der Waals surface area contributed by atoms with Gasteiger partial charge in [0.1, 0.15) is 0 Å². The molecule has 18 heavy (non-hydrogen) atoms. The second kappa shape index (κ2) is 7.39. The van der Waals surface area contributed by atoms with Gasteiger partial charge in [0.2, 0.25) is 5.91 Å². The molecule has 0 aliphatic heterocycles. The summed E-state index contributed by atoms with van der Waals surface area (Å²) in [6.07, 6.45) is 0. The van der Waals surface area contributed by atoms with Crippen molar-refractivity contribution in [2.45, 2.75) is 27.3 Å². The number of hydrogen-bond donors (Lipinski definition) is 1. The highest BCUT2D eigenvalue weighted by Gasteiger charge is 2.29. The first-order valence-electron chi connectivity index (χ1n) is 6.04. The summed E-state index contributed by atoms with van der Waals surface area (Å²) in [6.45, 7) is 7.51. The molecular weight excluding hydrogens is 248 g/mol. The van der Waals surface area contributed by atoms with Gasteiger partial charge in [0.05, 0.1) is 5.41 Å².